The number of methoxy groups -OCH3 is 1. The van der Waals surface area contributed by atoms with E-state index in [4.69, 9.17) is 9.47 Å². The summed E-state index contributed by atoms with van der Waals surface area (Å²) in [6.45, 7) is 6.79. The summed E-state index contributed by atoms with van der Waals surface area (Å²) in [4.78, 5) is 0. The van der Waals surface area contributed by atoms with Gasteiger partial charge in [-0.3, -0.25) is 0 Å². The number of hydrogen-bond donors (Lipinski definition) is 1. The van der Waals surface area contributed by atoms with E-state index in [-0.39, 0.29) is 6.10 Å². The molecule has 1 aliphatic rings. The van der Waals surface area contributed by atoms with Crippen molar-refractivity contribution in [2.24, 2.45) is 5.92 Å². The van der Waals surface area contributed by atoms with Crippen molar-refractivity contribution in [1.29, 1.82) is 0 Å². The third-order valence-electron chi connectivity index (χ3n) is 3.15. The Labute approximate surface area is 99.9 Å². The van der Waals surface area contributed by atoms with Gasteiger partial charge in [-0.05, 0) is 18.8 Å². The quantitative estimate of drug-likeness (QED) is 0.692. The Morgan fingerprint density at radius 3 is 2.50 bits per heavy atom. The van der Waals surface area contributed by atoms with Gasteiger partial charge < -0.3 is 14.8 Å². The monoisotopic (exact) mass is 229 g/mol. The van der Waals surface area contributed by atoms with Gasteiger partial charge in [-0.2, -0.15) is 0 Å². The molecule has 1 saturated carbocycles. The van der Waals surface area contributed by atoms with Crippen molar-refractivity contribution in [2.75, 3.05) is 26.9 Å². The second kappa shape index (κ2) is 8.04. The standard InChI is InChI=1S/C13H27NO2/c1-11(2)14-8-13(10-15-3)16-9-12-6-4-5-7-12/h11-14H,4-10H2,1-3H3. The van der Waals surface area contributed by atoms with Gasteiger partial charge >= 0.3 is 0 Å². The lowest BCUT2D eigenvalue weighted by Crippen LogP contribution is -2.36. The largest absolute Gasteiger partial charge is 0.382 e. The fourth-order valence-electron chi connectivity index (χ4n) is 2.17. The van der Waals surface area contributed by atoms with E-state index >= 15 is 0 Å². The van der Waals surface area contributed by atoms with E-state index in [0.29, 0.717) is 12.6 Å². The molecule has 1 aliphatic carbocycles. The van der Waals surface area contributed by atoms with Crippen molar-refractivity contribution in [1.82, 2.24) is 5.32 Å². The molecule has 1 rings (SSSR count). The van der Waals surface area contributed by atoms with E-state index in [1.807, 2.05) is 0 Å². The van der Waals surface area contributed by atoms with E-state index in [1.165, 1.54) is 25.7 Å². The Morgan fingerprint density at radius 2 is 1.94 bits per heavy atom. The number of nitrogens with one attached hydrogen (secondary N) is 1. The maximum atomic E-state index is 5.93. The van der Waals surface area contributed by atoms with E-state index in [1.54, 1.807) is 7.11 Å². The predicted octanol–water partition coefficient (Wildman–Crippen LogP) is 2.21. The summed E-state index contributed by atoms with van der Waals surface area (Å²) in [5.74, 6) is 0.790. The van der Waals surface area contributed by atoms with Gasteiger partial charge in [-0.1, -0.05) is 26.7 Å². The first-order valence-electron chi connectivity index (χ1n) is 6.56. The van der Waals surface area contributed by atoms with Crippen LogP contribution in [0.15, 0.2) is 0 Å². The molecule has 1 fully saturated rings. The van der Waals surface area contributed by atoms with Crippen molar-refractivity contribution in [3.63, 3.8) is 0 Å². The molecule has 96 valence electrons. The minimum absolute atomic E-state index is 0.202. The molecule has 0 aliphatic heterocycles. The lowest BCUT2D eigenvalue weighted by Gasteiger charge is -2.21. The summed E-state index contributed by atoms with van der Waals surface area (Å²) in [5, 5.41) is 3.40. The Hall–Kier alpha value is -0.120. The van der Waals surface area contributed by atoms with Crippen LogP contribution in [0.1, 0.15) is 39.5 Å². The first-order valence-corrected chi connectivity index (χ1v) is 6.56. The number of rotatable bonds is 8. The smallest absolute Gasteiger partial charge is 0.0932 e. The van der Waals surface area contributed by atoms with Gasteiger partial charge in [0, 0.05) is 26.3 Å². The van der Waals surface area contributed by atoms with Gasteiger partial charge in [0.15, 0.2) is 0 Å². The maximum absolute atomic E-state index is 5.93. The fourth-order valence-corrected chi connectivity index (χ4v) is 2.17. The van der Waals surface area contributed by atoms with Gasteiger partial charge in [0.2, 0.25) is 0 Å². The van der Waals surface area contributed by atoms with E-state index in [0.717, 1.165) is 19.1 Å². The van der Waals surface area contributed by atoms with Crippen LogP contribution in [0.25, 0.3) is 0 Å². The third-order valence-corrected chi connectivity index (χ3v) is 3.15. The first-order chi connectivity index (χ1) is 7.72. The summed E-state index contributed by atoms with van der Waals surface area (Å²) in [7, 11) is 1.74. The minimum Gasteiger partial charge on any atom is -0.382 e. The van der Waals surface area contributed by atoms with E-state index in [9.17, 15) is 0 Å². The van der Waals surface area contributed by atoms with Gasteiger partial charge in [0.05, 0.1) is 12.7 Å². The Bertz CT molecular complexity index is 167. The Balaban J connectivity index is 2.15. The van der Waals surface area contributed by atoms with Crippen molar-refractivity contribution in [3.8, 4) is 0 Å². The highest BCUT2D eigenvalue weighted by Gasteiger charge is 2.17. The summed E-state index contributed by atoms with van der Waals surface area (Å²) in [5.41, 5.74) is 0. The lowest BCUT2D eigenvalue weighted by molar-refractivity contribution is -0.0159. The predicted molar refractivity (Wildman–Crippen MR) is 66.7 cm³/mol. The molecule has 3 heteroatoms. The zero-order valence-electron chi connectivity index (χ0n) is 11.0. The van der Waals surface area contributed by atoms with Crippen molar-refractivity contribution in [2.45, 2.75) is 51.7 Å². The average Bonchev–Trinajstić information content (AvgIpc) is 2.75. The lowest BCUT2D eigenvalue weighted by atomic mass is 10.1. The molecule has 16 heavy (non-hydrogen) atoms. The number of hydrogen-bond acceptors (Lipinski definition) is 3. The molecule has 3 nitrogen and oxygen atoms in total. The van der Waals surface area contributed by atoms with Crippen LogP contribution in [0, 0.1) is 5.92 Å². The van der Waals surface area contributed by atoms with E-state index < -0.39 is 0 Å². The summed E-state index contributed by atoms with van der Waals surface area (Å²) in [6, 6.07) is 0.509. The average molecular weight is 229 g/mol. The first kappa shape index (κ1) is 13.9. The zero-order valence-corrected chi connectivity index (χ0v) is 11.0. The second-order valence-corrected chi connectivity index (χ2v) is 5.12. The molecule has 0 aromatic rings. The minimum atomic E-state index is 0.202. The van der Waals surface area contributed by atoms with Gasteiger partial charge in [0.25, 0.3) is 0 Å². The van der Waals surface area contributed by atoms with Crippen LogP contribution in [0.3, 0.4) is 0 Å². The zero-order chi connectivity index (χ0) is 11.8. The molecule has 0 aromatic heterocycles. The van der Waals surface area contributed by atoms with Crippen molar-refractivity contribution >= 4 is 0 Å². The van der Waals surface area contributed by atoms with Crippen LogP contribution in [0.5, 0.6) is 0 Å². The molecule has 0 amide bonds. The molecule has 0 aromatic carbocycles. The van der Waals surface area contributed by atoms with Gasteiger partial charge in [0.1, 0.15) is 0 Å². The molecule has 1 unspecified atom stereocenters. The summed E-state index contributed by atoms with van der Waals surface area (Å²) in [6.07, 6.45) is 5.66. The summed E-state index contributed by atoms with van der Waals surface area (Å²) >= 11 is 0. The van der Waals surface area contributed by atoms with Crippen LogP contribution < -0.4 is 5.32 Å². The Morgan fingerprint density at radius 1 is 1.25 bits per heavy atom. The summed E-state index contributed by atoms with van der Waals surface area (Å²) < 4.78 is 11.1. The molecule has 0 bridgehead atoms. The van der Waals surface area contributed by atoms with Crippen LogP contribution in [-0.2, 0) is 9.47 Å². The van der Waals surface area contributed by atoms with Gasteiger partial charge in [-0.15, -0.1) is 0 Å². The van der Waals surface area contributed by atoms with Crippen molar-refractivity contribution in [3.05, 3.63) is 0 Å². The topological polar surface area (TPSA) is 30.5 Å². The van der Waals surface area contributed by atoms with Crippen LogP contribution in [-0.4, -0.2) is 39.0 Å². The van der Waals surface area contributed by atoms with Crippen LogP contribution in [0.2, 0.25) is 0 Å². The highest BCUT2D eigenvalue weighted by Crippen LogP contribution is 2.24. The number of ether oxygens (including phenoxy) is 2. The highest BCUT2D eigenvalue weighted by atomic mass is 16.5. The van der Waals surface area contributed by atoms with Gasteiger partial charge in [-0.25, -0.2) is 0 Å². The molecule has 0 radical (unpaired) electrons. The fraction of sp³-hybridized carbons (Fsp3) is 1.00. The SMILES string of the molecule is COCC(CNC(C)C)OCC1CCCC1. The molecular weight excluding hydrogens is 202 g/mol. The molecular formula is C13H27NO2. The molecule has 0 heterocycles. The molecule has 1 N–H and O–H groups in total. The normalized spacial score (nSPS) is 19.5. The molecule has 0 spiro atoms. The van der Waals surface area contributed by atoms with E-state index in [2.05, 4.69) is 19.2 Å². The molecule has 0 saturated heterocycles. The Kier molecular flexibility index (Phi) is 7.01. The second-order valence-electron chi connectivity index (χ2n) is 5.12. The highest BCUT2D eigenvalue weighted by molar-refractivity contribution is 4.69. The third kappa shape index (κ3) is 5.83. The molecule has 1 atom stereocenters. The maximum Gasteiger partial charge on any atom is 0.0932 e. The van der Waals surface area contributed by atoms with Crippen molar-refractivity contribution < 1.29 is 9.47 Å². The van der Waals surface area contributed by atoms with Crippen LogP contribution >= 0.6 is 0 Å². The van der Waals surface area contributed by atoms with Crippen LogP contribution in [0.4, 0.5) is 0 Å².